The lowest BCUT2D eigenvalue weighted by Gasteiger charge is -2.10. The number of benzene rings is 2. The van der Waals surface area contributed by atoms with E-state index in [-0.39, 0.29) is 0 Å². The number of ether oxygens (including phenoxy) is 1. The minimum absolute atomic E-state index is 0.459. The molecule has 1 heterocycles. The minimum Gasteiger partial charge on any atom is -0.378 e. The molecule has 3 aromatic rings. The van der Waals surface area contributed by atoms with Crippen LogP contribution in [0.15, 0.2) is 42.5 Å². The van der Waals surface area contributed by atoms with E-state index in [0.717, 1.165) is 23.2 Å². The van der Waals surface area contributed by atoms with Crippen LogP contribution in [0.2, 0.25) is 0 Å². The Kier molecular flexibility index (Phi) is 4.64. The Labute approximate surface area is 132 Å². The quantitative estimate of drug-likeness (QED) is 0.711. The second-order valence-electron chi connectivity index (χ2n) is 5.11. The van der Waals surface area contributed by atoms with Crippen molar-refractivity contribution in [2.75, 3.05) is 19.8 Å². The highest BCUT2D eigenvalue weighted by atomic mass is 19.2. The maximum absolute atomic E-state index is 13.6. The lowest BCUT2D eigenvalue weighted by molar-refractivity contribution is 0.134. The number of para-hydroxylation sites is 2. The van der Waals surface area contributed by atoms with Crippen LogP contribution in [-0.4, -0.2) is 29.3 Å². The molecule has 6 heteroatoms. The summed E-state index contributed by atoms with van der Waals surface area (Å²) in [5.74, 6) is -1.18. The molecule has 0 atom stereocenters. The van der Waals surface area contributed by atoms with Crippen molar-refractivity contribution in [3.05, 3.63) is 54.1 Å². The van der Waals surface area contributed by atoms with Crippen LogP contribution < -0.4 is 5.73 Å². The molecule has 4 nitrogen and oxygen atoms in total. The van der Waals surface area contributed by atoms with E-state index in [4.69, 9.17) is 10.5 Å². The van der Waals surface area contributed by atoms with Gasteiger partial charge in [0.2, 0.25) is 0 Å². The van der Waals surface area contributed by atoms with E-state index in [1.807, 2.05) is 28.8 Å². The monoisotopic (exact) mass is 317 g/mol. The third kappa shape index (κ3) is 3.23. The zero-order chi connectivity index (χ0) is 16.2. The van der Waals surface area contributed by atoms with Crippen LogP contribution >= 0.6 is 0 Å². The van der Waals surface area contributed by atoms with Gasteiger partial charge >= 0.3 is 0 Å². The summed E-state index contributed by atoms with van der Waals surface area (Å²) in [6, 6.07) is 11.4. The number of rotatable bonds is 6. The molecular weight excluding hydrogens is 300 g/mol. The third-order valence-electron chi connectivity index (χ3n) is 3.55. The van der Waals surface area contributed by atoms with E-state index >= 15 is 0 Å². The van der Waals surface area contributed by atoms with Crippen LogP contribution in [0, 0.1) is 11.6 Å². The highest BCUT2D eigenvalue weighted by Gasteiger charge is 2.14. The van der Waals surface area contributed by atoms with Gasteiger partial charge in [-0.15, -0.1) is 0 Å². The standard InChI is InChI=1S/C17H17F2N3O/c18-13-6-5-12(11-14(13)19)17-21-15-3-1-2-4-16(15)22(17)8-10-23-9-7-20/h1-6,11H,7-10,20H2. The molecule has 0 radical (unpaired) electrons. The van der Waals surface area contributed by atoms with Crippen LogP contribution in [0.5, 0.6) is 0 Å². The molecule has 0 bridgehead atoms. The average molecular weight is 317 g/mol. The molecule has 0 aliphatic rings. The van der Waals surface area contributed by atoms with Gasteiger partial charge in [0, 0.05) is 18.7 Å². The Hall–Kier alpha value is -2.31. The van der Waals surface area contributed by atoms with Gasteiger partial charge in [-0.05, 0) is 30.3 Å². The van der Waals surface area contributed by atoms with Gasteiger partial charge < -0.3 is 15.0 Å². The van der Waals surface area contributed by atoms with Crippen molar-refractivity contribution in [2.45, 2.75) is 6.54 Å². The zero-order valence-corrected chi connectivity index (χ0v) is 12.5. The van der Waals surface area contributed by atoms with E-state index in [1.165, 1.54) is 6.07 Å². The molecule has 2 N–H and O–H groups in total. The molecule has 3 rings (SSSR count). The predicted molar refractivity (Wildman–Crippen MR) is 85.0 cm³/mol. The van der Waals surface area contributed by atoms with Crippen molar-refractivity contribution < 1.29 is 13.5 Å². The summed E-state index contributed by atoms with van der Waals surface area (Å²) in [5.41, 5.74) is 7.65. The van der Waals surface area contributed by atoms with Crippen molar-refractivity contribution in [3.63, 3.8) is 0 Å². The minimum atomic E-state index is -0.888. The molecule has 2 aromatic carbocycles. The van der Waals surface area contributed by atoms with Crippen molar-refractivity contribution >= 4 is 11.0 Å². The molecule has 1 aromatic heterocycles. The molecule has 0 spiro atoms. The predicted octanol–water partition coefficient (Wildman–Crippen LogP) is 2.96. The Balaban J connectivity index is 2.02. The largest absolute Gasteiger partial charge is 0.378 e. The lowest BCUT2D eigenvalue weighted by Crippen LogP contribution is -2.13. The van der Waals surface area contributed by atoms with E-state index < -0.39 is 11.6 Å². The van der Waals surface area contributed by atoms with Gasteiger partial charge in [-0.1, -0.05) is 12.1 Å². The molecule has 0 saturated heterocycles. The summed E-state index contributed by atoms with van der Waals surface area (Å²) in [6.07, 6.45) is 0. The topological polar surface area (TPSA) is 53.1 Å². The molecule has 0 fully saturated rings. The number of halogens is 2. The molecule has 0 aliphatic carbocycles. The highest BCUT2D eigenvalue weighted by Crippen LogP contribution is 2.26. The second-order valence-corrected chi connectivity index (χ2v) is 5.11. The van der Waals surface area contributed by atoms with E-state index in [1.54, 1.807) is 0 Å². The summed E-state index contributed by atoms with van der Waals surface area (Å²) in [7, 11) is 0. The van der Waals surface area contributed by atoms with Crippen molar-refractivity contribution in [2.24, 2.45) is 5.73 Å². The molecule has 0 amide bonds. The van der Waals surface area contributed by atoms with Gasteiger partial charge in [0.25, 0.3) is 0 Å². The molecule has 0 aliphatic heterocycles. The Morgan fingerprint density at radius 2 is 1.87 bits per heavy atom. The van der Waals surface area contributed by atoms with Crippen LogP contribution in [0.25, 0.3) is 22.4 Å². The number of nitrogens with two attached hydrogens (primary N) is 1. The smallest absolute Gasteiger partial charge is 0.159 e. The fourth-order valence-corrected chi connectivity index (χ4v) is 2.50. The highest BCUT2D eigenvalue weighted by molar-refractivity contribution is 5.80. The van der Waals surface area contributed by atoms with Crippen molar-refractivity contribution in [1.82, 2.24) is 9.55 Å². The number of imidazole rings is 1. The summed E-state index contributed by atoms with van der Waals surface area (Å²) in [5, 5.41) is 0. The normalized spacial score (nSPS) is 11.3. The fourth-order valence-electron chi connectivity index (χ4n) is 2.50. The van der Waals surface area contributed by atoms with Gasteiger partial charge in [0.05, 0.1) is 24.2 Å². The molecule has 120 valence electrons. The summed E-state index contributed by atoms with van der Waals surface area (Å²) in [6.45, 7) is 1.96. The second kappa shape index (κ2) is 6.85. The maximum atomic E-state index is 13.6. The molecule has 0 saturated carbocycles. The van der Waals surface area contributed by atoms with Gasteiger partial charge in [-0.2, -0.15) is 0 Å². The van der Waals surface area contributed by atoms with Gasteiger partial charge in [0.1, 0.15) is 5.82 Å². The molecular formula is C17H17F2N3O. The Bertz CT molecular complexity index is 817. The van der Waals surface area contributed by atoms with Crippen LogP contribution in [0.3, 0.4) is 0 Å². The first-order chi connectivity index (χ1) is 11.2. The summed E-state index contributed by atoms with van der Waals surface area (Å²) >= 11 is 0. The Morgan fingerprint density at radius 1 is 1.04 bits per heavy atom. The first-order valence-electron chi connectivity index (χ1n) is 7.39. The van der Waals surface area contributed by atoms with E-state index in [9.17, 15) is 8.78 Å². The number of nitrogens with zero attached hydrogens (tertiary/aromatic N) is 2. The Morgan fingerprint density at radius 3 is 2.65 bits per heavy atom. The van der Waals surface area contributed by atoms with E-state index in [2.05, 4.69) is 4.98 Å². The summed E-state index contributed by atoms with van der Waals surface area (Å²) in [4.78, 5) is 4.55. The van der Waals surface area contributed by atoms with Crippen molar-refractivity contribution in [3.8, 4) is 11.4 Å². The summed E-state index contributed by atoms with van der Waals surface area (Å²) < 4.78 is 34.1. The van der Waals surface area contributed by atoms with Crippen LogP contribution in [0.4, 0.5) is 8.78 Å². The zero-order valence-electron chi connectivity index (χ0n) is 12.5. The lowest BCUT2D eigenvalue weighted by atomic mass is 10.2. The van der Waals surface area contributed by atoms with Gasteiger partial charge in [-0.25, -0.2) is 13.8 Å². The first-order valence-corrected chi connectivity index (χ1v) is 7.39. The number of hydrogen-bond donors (Lipinski definition) is 1. The van der Waals surface area contributed by atoms with E-state index in [0.29, 0.717) is 37.7 Å². The average Bonchev–Trinajstić information content (AvgIpc) is 2.93. The fraction of sp³-hybridized carbons (Fsp3) is 0.235. The van der Waals surface area contributed by atoms with Crippen LogP contribution in [0.1, 0.15) is 0 Å². The molecule has 0 unspecified atom stereocenters. The van der Waals surface area contributed by atoms with Crippen LogP contribution in [-0.2, 0) is 11.3 Å². The number of aromatic nitrogens is 2. The van der Waals surface area contributed by atoms with Gasteiger partial charge in [-0.3, -0.25) is 0 Å². The third-order valence-corrected chi connectivity index (χ3v) is 3.55. The van der Waals surface area contributed by atoms with Gasteiger partial charge in [0.15, 0.2) is 11.6 Å². The first kappa shape index (κ1) is 15.6. The SMILES string of the molecule is NCCOCCn1c(-c2ccc(F)c(F)c2)nc2ccccc21. The maximum Gasteiger partial charge on any atom is 0.159 e. The number of hydrogen-bond acceptors (Lipinski definition) is 3. The molecule has 23 heavy (non-hydrogen) atoms. The van der Waals surface area contributed by atoms with Crippen molar-refractivity contribution in [1.29, 1.82) is 0 Å². The number of fused-ring (bicyclic) bond motifs is 1.